The molecule has 3 nitrogen and oxygen atoms in total. The molecule has 23 heavy (non-hydrogen) atoms. The molecule has 2 rings (SSSR count). The lowest BCUT2D eigenvalue weighted by Crippen LogP contribution is -2.39. The minimum absolute atomic E-state index is 0.0715. The average molecular weight is 414 g/mol. The van der Waals surface area contributed by atoms with E-state index in [0.717, 1.165) is 15.9 Å². The fraction of sp³-hybridized carbons (Fsp3) is 0.235. The average Bonchev–Trinajstić information content (AvgIpc) is 2.50. The smallest absolute Gasteiger partial charge is 0.171 e. The summed E-state index contributed by atoms with van der Waals surface area (Å²) in [6.45, 7) is 4.58. The minimum atomic E-state index is 0.0715. The molecular weight excluding hydrogens is 396 g/mol. The number of aryl methyl sites for hydroxylation is 1. The molecule has 1 atom stereocenters. The number of anilines is 1. The molecule has 2 aromatic carbocycles. The highest BCUT2D eigenvalue weighted by Gasteiger charge is 2.06. The lowest BCUT2D eigenvalue weighted by Gasteiger charge is -2.18. The first-order valence-corrected chi connectivity index (χ1v) is 8.74. The van der Waals surface area contributed by atoms with Crippen LogP contribution in [0.4, 0.5) is 5.69 Å². The molecule has 0 aliphatic carbocycles. The predicted molar refractivity (Wildman–Crippen MR) is 105 cm³/mol. The zero-order valence-electron chi connectivity index (χ0n) is 12.9. The van der Waals surface area contributed by atoms with Gasteiger partial charge in [-0.3, -0.25) is 0 Å². The Labute approximate surface area is 155 Å². The first-order chi connectivity index (χ1) is 10.9. The lowest BCUT2D eigenvalue weighted by molar-refractivity contribution is 0.287. The van der Waals surface area contributed by atoms with Gasteiger partial charge in [-0.2, -0.15) is 0 Å². The Morgan fingerprint density at radius 3 is 2.61 bits per heavy atom. The Morgan fingerprint density at radius 1 is 1.26 bits per heavy atom. The van der Waals surface area contributed by atoms with Crippen LogP contribution in [0.3, 0.4) is 0 Å². The van der Waals surface area contributed by atoms with Crippen molar-refractivity contribution in [2.75, 3.05) is 11.9 Å². The van der Waals surface area contributed by atoms with E-state index in [-0.39, 0.29) is 6.04 Å². The van der Waals surface area contributed by atoms with Gasteiger partial charge in [-0.1, -0.05) is 29.3 Å². The van der Waals surface area contributed by atoms with Crippen LogP contribution in [0, 0.1) is 6.92 Å². The highest BCUT2D eigenvalue weighted by Crippen LogP contribution is 2.25. The number of halogens is 2. The molecule has 2 N–H and O–H groups in total. The van der Waals surface area contributed by atoms with Gasteiger partial charge in [0, 0.05) is 10.2 Å². The van der Waals surface area contributed by atoms with Crippen LogP contribution < -0.4 is 15.4 Å². The molecule has 0 spiro atoms. The highest BCUT2D eigenvalue weighted by molar-refractivity contribution is 9.10. The molecule has 0 amide bonds. The Kier molecular flexibility index (Phi) is 6.69. The van der Waals surface area contributed by atoms with Crippen molar-refractivity contribution in [2.45, 2.75) is 19.9 Å². The Hall–Kier alpha value is -1.30. The monoisotopic (exact) mass is 412 g/mol. The Balaban J connectivity index is 1.79. The second kappa shape index (κ2) is 8.52. The third kappa shape index (κ3) is 6.01. The fourth-order valence-corrected chi connectivity index (χ4v) is 2.61. The standard InChI is InChI=1S/C17H18BrClN2OS/c1-11-3-6-14(7-4-11)22-10-12(2)20-17(23)21-13-5-8-15(18)16(19)9-13/h3-9,12H,10H2,1-2H3,(H2,20,21,23)/t12-/m1/s1. The van der Waals surface area contributed by atoms with Gasteiger partial charge in [0.15, 0.2) is 5.11 Å². The molecule has 0 bridgehead atoms. The largest absolute Gasteiger partial charge is 0.491 e. The second-order valence-corrected chi connectivity index (χ2v) is 6.92. The van der Waals surface area contributed by atoms with Crippen LogP contribution in [-0.2, 0) is 0 Å². The Morgan fingerprint density at radius 2 is 1.96 bits per heavy atom. The van der Waals surface area contributed by atoms with Gasteiger partial charge in [-0.15, -0.1) is 0 Å². The quantitative estimate of drug-likeness (QED) is 0.663. The summed E-state index contributed by atoms with van der Waals surface area (Å²) in [5, 5.41) is 7.45. The summed E-state index contributed by atoms with van der Waals surface area (Å²) in [6, 6.07) is 13.6. The topological polar surface area (TPSA) is 33.3 Å². The molecule has 0 aromatic heterocycles. The summed E-state index contributed by atoms with van der Waals surface area (Å²) >= 11 is 14.7. The van der Waals surface area contributed by atoms with Crippen LogP contribution in [0.2, 0.25) is 5.02 Å². The molecule has 0 fully saturated rings. The molecule has 122 valence electrons. The van der Waals surface area contributed by atoms with E-state index in [0.29, 0.717) is 16.7 Å². The summed E-state index contributed by atoms with van der Waals surface area (Å²) in [5.74, 6) is 0.850. The van der Waals surface area contributed by atoms with E-state index in [1.165, 1.54) is 5.56 Å². The highest BCUT2D eigenvalue weighted by atomic mass is 79.9. The van der Waals surface area contributed by atoms with Crippen LogP contribution in [0.1, 0.15) is 12.5 Å². The van der Waals surface area contributed by atoms with Crippen LogP contribution in [0.5, 0.6) is 5.75 Å². The summed E-state index contributed by atoms with van der Waals surface area (Å²) in [7, 11) is 0. The van der Waals surface area contributed by atoms with Crippen LogP contribution >= 0.6 is 39.7 Å². The fourth-order valence-electron chi connectivity index (χ4n) is 1.86. The molecule has 0 aliphatic rings. The lowest BCUT2D eigenvalue weighted by atomic mass is 10.2. The van der Waals surface area contributed by atoms with E-state index >= 15 is 0 Å². The van der Waals surface area contributed by atoms with Crippen LogP contribution in [-0.4, -0.2) is 17.8 Å². The molecule has 0 radical (unpaired) electrons. The number of benzene rings is 2. The van der Waals surface area contributed by atoms with Crippen molar-refractivity contribution in [3.05, 3.63) is 57.5 Å². The van der Waals surface area contributed by atoms with Crippen molar-refractivity contribution in [1.82, 2.24) is 5.32 Å². The number of ether oxygens (including phenoxy) is 1. The molecular formula is C17H18BrClN2OS. The van der Waals surface area contributed by atoms with Gasteiger partial charge < -0.3 is 15.4 Å². The van der Waals surface area contributed by atoms with Gasteiger partial charge in [0.05, 0.1) is 11.1 Å². The van der Waals surface area contributed by atoms with E-state index in [1.807, 2.05) is 56.3 Å². The zero-order chi connectivity index (χ0) is 16.8. The van der Waals surface area contributed by atoms with E-state index in [2.05, 4.69) is 26.6 Å². The number of rotatable bonds is 5. The summed E-state index contributed by atoms with van der Waals surface area (Å²) in [6.07, 6.45) is 0. The van der Waals surface area contributed by atoms with Gasteiger partial charge in [-0.25, -0.2) is 0 Å². The molecule has 0 saturated carbocycles. The van der Waals surface area contributed by atoms with Gasteiger partial charge in [0.25, 0.3) is 0 Å². The maximum absolute atomic E-state index is 6.06. The third-order valence-electron chi connectivity index (χ3n) is 3.08. The molecule has 0 unspecified atom stereocenters. The minimum Gasteiger partial charge on any atom is -0.491 e. The van der Waals surface area contributed by atoms with Gasteiger partial charge in [0.1, 0.15) is 12.4 Å². The number of thiocarbonyl (C=S) groups is 1. The second-order valence-electron chi connectivity index (χ2n) is 5.25. The maximum atomic E-state index is 6.06. The van der Waals surface area contributed by atoms with Crippen LogP contribution in [0.15, 0.2) is 46.9 Å². The first kappa shape index (κ1) is 18.0. The van der Waals surface area contributed by atoms with E-state index in [9.17, 15) is 0 Å². The summed E-state index contributed by atoms with van der Waals surface area (Å²) in [4.78, 5) is 0. The van der Waals surface area contributed by atoms with Crippen molar-refractivity contribution in [3.8, 4) is 5.75 Å². The molecule has 6 heteroatoms. The van der Waals surface area contributed by atoms with Gasteiger partial charge >= 0.3 is 0 Å². The summed E-state index contributed by atoms with van der Waals surface area (Å²) < 4.78 is 6.58. The van der Waals surface area contributed by atoms with E-state index < -0.39 is 0 Å². The van der Waals surface area contributed by atoms with Gasteiger partial charge in [-0.05, 0) is 72.3 Å². The third-order valence-corrected chi connectivity index (χ3v) is 4.53. The van der Waals surface area contributed by atoms with E-state index in [1.54, 1.807) is 0 Å². The van der Waals surface area contributed by atoms with Gasteiger partial charge in [0.2, 0.25) is 0 Å². The number of hydrogen-bond acceptors (Lipinski definition) is 2. The summed E-state index contributed by atoms with van der Waals surface area (Å²) in [5.41, 5.74) is 2.05. The maximum Gasteiger partial charge on any atom is 0.171 e. The molecule has 0 saturated heterocycles. The first-order valence-electron chi connectivity index (χ1n) is 7.16. The van der Waals surface area contributed by atoms with Crippen molar-refractivity contribution >= 4 is 50.5 Å². The predicted octanol–water partition coefficient (Wildman–Crippen LogP) is 5.16. The van der Waals surface area contributed by atoms with Crippen molar-refractivity contribution in [2.24, 2.45) is 0 Å². The normalized spacial score (nSPS) is 11.7. The van der Waals surface area contributed by atoms with E-state index in [4.69, 9.17) is 28.6 Å². The molecule has 0 heterocycles. The van der Waals surface area contributed by atoms with Crippen LogP contribution in [0.25, 0.3) is 0 Å². The van der Waals surface area contributed by atoms with Crippen molar-refractivity contribution < 1.29 is 4.74 Å². The molecule has 2 aromatic rings. The SMILES string of the molecule is Cc1ccc(OC[C@@H](C)NC(=S)Nc2ccc(Br)c(Cl)c2)cc1. The molecule has 0 aliphatic heterocycles. The number of hydrogen-bond donors (Lipinski definition) is 2. The Bertz CT molecular complexity index is 679. The van der Waals surface area contributed by atoms with Crippen molar-refractivity contribution in [3.63, 3.8) is 0 Å². The van der Waals surface area contributed by atoms with Crippen molar-refractivity contribution in [1.29, 1.82) is 0 Å². The zero-order valence-corrected chi connectivity index (χ0v) is 16.1. The number of nitrogens with one attached hydrogen (secondary N) is 2.